The van der Waals surface area contributed by atoms with E-state index in [1.807, 2.05) is 6.07 Å². The molecule has 0 amide bonds. The molecule has 0 aromatic heterocycles. The highest BCUT2D eigenvalue weighted by Gasteiger charge is 2.27. The van der Waals surface area contributed by atoms with Gasteiger partial charge in [0.2, 0.25) is 0 Å². The topological polar surface area (TPSA) is 47.3 Å². The fourth-order valence-corrected chi connectivity index (χ4v) is 2.08. The monoisotopic (exact) mass is 220 g/mol. The molecule has 0 aliphatic carbocycles. The maximum Gasteiger partial charge on any atom is 0.123 e. The summed E-state index contributed by atoms with van der Waals surface area (Å²) in [4.78, 5) is 0. The van der Waals surface area contributed by atoms with Gasteiger partial charge in [0.15, 0.2) is 0 Å². The molecular weight excluding hydrogens is 200 g/mol. The number of nitrogens with one attached hydrogen (secondary N) is 1. The lowest BCUT2D eigenvalue weighted by Crippen LogP contribution is -2.47. The molecule has 1 saturated heterocycles. The number of rotatable bonds is 4. The normalized spacial score (nSPS) is 17.9. The molecule has 1 atom stereocenters. The molecule has 1 unspecified atom stereocenters. The van der Waals surface area contributed by atoms with Gasteiger partial charge >= 0.3 is 0 Å². The first-order valence-electron chi connectivity index (χ1n) is 5.89. The van der Waals surface area contributed by atoms with Crippen LogP contribution in [0.5, 0.6) is 5.75 Å². The first-order valence-corrected chi connectivity index (χ1v) is 5.89. The Morgan fingerprint density at radius 3 is 2.75 bits per heavy atom. The zero-order valence-electron chi connectivity index (χ0n) is 9.99. The highest BCUT2D eigenvalue weighted by Crippen LogP contribution is 2.31. The van der Waals surface area contributed by atoms with Gasteiger partial charge in [-0.05, 0) is 18.1 Å². The van der Waals surface area contributed by atoms with Crippen molar-refractivity contribution < 1.29 is 4.74 Å². The van der Waals surface area contributed by atoms with E-state index >= 15 is 0 Å². The van der Waals surface area contributed by atoms with E-state index in [4.69, 9.17) is 10.5 Å². The molecule has 0 bridgehead atoms. The molecule has 3 N–H and O–H groups in total. The smallest absolute Gasteiger partial charge is 0.123 e. The van der Waals surface area contributed by atoms with Gasteiger partial charge in [0.1, 0.15) is 5.75 Å². The largest absolute Gasteiger partial charge is 0.496 e. The fraction of sp³-hybridized carbons (Fsp3) is 0.538. The van der Waals surface area contributed by atoms with Crippen molar-refractivity contribution >= 4 is 0 Å². The van der Waals surface area contributed by atoms with Gasteiger partial charge in [-0.1, -0.05) is 19.1 Å². The van der Waals surface area contributed by atoms with E-state index in [0.29, 0.717) is 5.92 Å². The van der Waals surface area contributed by atoms with E-state index in [9.17, 15) is 0 Å². The Balaban J connectivity index is 2.27. The maximum atomic E-state index is 6.28. The van der Waals surface area contributed by atoms with Gasteiger partial charge in [-0.3, -0.25) is 0 Å². The average Bonchev–Trinajstić information content (AvgIpc) is 2.25. The van der Waals surface area contributed by atoms with Crippen LogP contribution in [-0.4, -0.2) is 20.2 Å². The molecule has 1 heterocycles. The van der Waals surface area contributed by atoms with Gasteiger partial charge in [0.25, 0.3) is 0 Å². The minimum atomic E-state index is 0.0858. The number of ether oxygens (including phenoxy) is 1. The minimum Gasteiger partial charge on any atom is -0.496 e. The van der Waals surface area contributed by atoms with Crippen LogP contribution in [0.15, 0.2) is 18.2 Å². The Labute approximate surface area is 97.0 Å². The highest BCUT2D eigenvalue weighted by atomic mass is 16.5. The molecule has 88 valence electrons. The van der Waals surface area contributed by atoms with Gasteiger partial charge in [-0.15, -0.1) is 0 Å². The number of nitrogens with two attached hydrogens (primary N) is 1. The lowest BCUT2D eigenvalue weighted by atomic mass is 9.88. The van der Waals surface area contributed by atoms with Crippen LogP contribution in [0.3, 0.4) is 0 Å². The molecule has 0 radical (unpaired) electrons. The quantitative estimate of drug-likeness (QED) is 0.808. The molecule has 1 aliphatic rings. The second-order valence-electron chi connectivity index (χ2n) is 4.37. The number of methoxy groups -OCH3 is 1. The summed E-state index contributed by atoms with van der Waals surface area (Å²) in [5, 5.41) is 3.26. The number of hydrogen-bond acceptors (Lipinski definition) is 3. The third-order valence-electron chi connectivity index (χ3n) is 3.38. The van der Waals surface area contributed by atoms with E-state index < -0.39 is 0 Å². The van der Waals surface area contributed by atoms with Crippen LogP contribution < -0.4 is 15.8 Å². The Hall–Kier alpha value is -1.06. The summed E-state index contributed by atoms with van der Waals surface area (Å²) in [6.45, 7) is 4.18. The summed E-state index contributed by atoms with van der Waals surface area (Å²) in [6, 6.07) is 6.40. The SMILES string of the molecule is CCc1ccc(OC)c(C(N)C2CNC2)c1. The van der Waals surface area contributed by atoms with Crippen molar-refractivity contribution in [3.8, 4) is 5.75 Å². The van der Waals surface area contributed by atoms with E-state index in [1.165, 1.54) is 5.56 Å². The lowest BCUT2D eigenvalue weighted by Gasteiger charge is -2.33. The minimum absolute atomic E-state index is 0.0858. The van der Waals surface area contributed by atoms with E-state index in [2.05, 4.69) is 24.4 Å². The summed E-state index contributed by atoms with van der Waals surface area (Å²) >= 11 is 0. The molecule has 1 aliphatic heterocycles. The summed E-state index contributed by atoms with van der Waals surface area (Å²) in [5.74, 6) is 1.46. The molecule has 3 nitrogen and oxygen atoms in total. The van der Waals surface area contributed by atoms with Crippen molar-refractivity contribution in [2.75, 3.05) is 20.2 Å². The van der Waals surface area contributed by atoms with Gasteiger partial charge in [-0.25, -0.2) is 0 Å². The number of aryl methyl sites for hydroxylation is 1. The van der Waals surface area contributed by atoms with Crippen molar-refractivity contribution in [2.24, 2.45) is 11.7 Å². The first kappa shape index (κ1) is 11.4. The van der Waals surface area contributed by atoms with Gasteiger partial charge in [0, 0.05) is 30.6 Å². The van der Waals surface area contributed by atoms with E-state index in [1.54, 1.807) is 7.11 Å². The molecule has 1 aromatic carbocycles. The van der Waals surface area contributed by atoms with Crippen molar-refractivity contribution in [3.05, 3.63) is 29.3 Å². The molecule has 1 fully saturated rings. The number of hydrogen-bond donors (Lipinski definition) is 2. The summed E-state index contributed by atoms with van der Waals surface area (Å²) in [7, 11) is 1.70. The van der Waals surface area contributed by atoms with Crippen LogP contribution >= 0.6 is 0 Å². The molecule has 0 saturated carbocycles. The van der Waals surface area contributed by atoms with Crippen LogP contribution in [0.1, 0.15) is 24.1 Å². The van der Waals surface area contributed by atoms with Gasteiger partial charge in [-0.2, -0.15) is 0 Å². The zero-order chi connectivity index (χ0) is 11.5. The van der Waals surface area contributed by atoms with Crippen LogP contribution in [0, 0.1) is 5.92 Å². The van der Waals surface area contributed by atoms with Gasteiger partial charge in [0.05, 0.1) is 7.11 Å². The molecule has 16 heavy (non-hydrogen) atoms. The first-order chi connectivity index (χ1) is 7.76. The predicted molar refractivity (Wildman–Crippen MR) is 65.7 cm³/mol. The van der Waals surface area contributed by atoms with Crippen molar-refractivity contribution in [3.63, 3.8) is 0 Å². The van der Waals surface area contributed by atoms with Crippen LogP contribution in [0.4, 0.5) is 0 Å². The van der Waals surface area contributed by atoms with Crippen molar-refractivity contribution in [1.29, 1.82) is 0 Å². The Bertz CT molecular complexity index is 361. The van der Waals surface area contributed by atoms with Crippen molar-refractivity contribution in [1.82, 2.24) is 5.32 Å². The van der Waals surface area contributed by atoms with Crippen LogP contribution in [0.25, 0.3) is 0 Å². The molecule has 1 aromatic rings. The molecule has 0 spiro atoms. The molecule has 2 rings (SSSR count). The maximum absolute atomic E-state index is 6.28. The van der Waals surface area contributed by atoms with Gasteiger partial charge < -0.3 is 15.8 Å². The van der Waals surface area contributed by atoms with Crippen LogP contribution in [-0.2, 0) is 6.42 Å². The number of benzene rings is 1. The zero-order valence-corrected chi connectivity index (χ0v) is 9.99. The summed E-state index contributed by atoms with van der Waals surface area (Å²) in [6.07, 6.45) is 1.03. The van der Waals surface area contributed by atoms with E-state index in [-0.39, 0.29) is 6.04 Å². The molecule has 3 heteroatoms. The standard InChI is InChI=1S/C13H20N2O/c1-3-9-4-5-12(16-2)11(6-9)13(14)10-7-15-8-10/h4-6,10,13,15H,3,7-8,14H2,1-2H3. The highest BCUT2D eigenvalue weighted by molar-refractivity contribution is 5.40. The van der Waals surface area contributed by atoms with E-state index in [0.717, 1.165) is 30.8 Å². The second kappa shape index (κ2) is 4.85. The Morgan fingerprint density at radius 2 is 2.25 bits per heavy atom. The fourth-order valence-electron chi connectivity index (χ4n) is 2.08. The second-order valence-corrected chi connectivity index (χ2v) is 4.37. The molecular formula is C13H20N2O. The van der Waals surface area contributed by atoms with Crippen LogP contribution in [0.2, 0.25) is 0 Å². The Kier molecular flexibility index (Phi) is 3.46. The lowest BCUT2D eigenvalue weighted by molar-refractivity contribution is 0.288. The summed E-state index contributed by atoms with van der Waals surface area (Å²) in [5.41, 5.74) is 8.74. The Morgan fingerprint density at radius 1 is 1.50 bits per heavy atom. The average molecular weight is 220 g/mol. The third kappa shape index (κ3) is 2.06. The summed E-state index contributed by atoms with van der Waals surface area (Å²) < 4.78 is 5.38. The van der Waals surface area contributed by atoms with Crippen molar-refractivity contribution in [2.45, 2.75) is 19.4 Å². The third-order valence-corrected chi connectivity index (χ3v) is 3.38. The predicted octanol–water partition coefficient (Wildman–Crippen LogP) is 1.48.